The van der Waals surface area contributed by atoms with E-state index in [1.54, 1.807) is 6.07 Å². The summed E-state index contributed by atoms with van der Waals surface area (Å²) in [6, 6.07) is 11.9. The molecule has 5 nitrogen and oxygen atoms in total. The smallest absolute Gasteiger partial charge is 0.256 e. The van der Waals surface area contributed by atoms with Gasteiger partial charge in [-0.3, -0.25) is 9.69 Å². The van der Waals surface area contributed by atoms with Gasteiger partial charge in [-0.2, -0.15) is 5.10 Å². The topological polar surface area (TPSA) is 58.1 Å². The Bertz CT molecular complexity index is 737. The number of aromatic nitrogens is 2. The lowest BCUT2D eigenvalue weighted by atomic mass is 10.1. The van der Waals surface area contributed by atoms with Gasteiger partial charge in [-0.15, -0.1) is 5.10 Å². The second-order valence-corrected chi connectivity index (χ2v) is 6.42. The van der Waals surface area contributed by atoms with Crippen LogP contribution in [-0.2, 0) is 6.54 Å². The van der Waals surface area contributed by atoms with Crippen molar-refractivity contribution in [1.82, 2.24) is 15.1 Å². The Morgan fingerprint density at radius 2 is 2.00 bits per heavy atom. The Labute approximate surface area is 148 Å². The molecule has 1 amide bonds. The fraction of sp³-hybridized carbons (Fsp3) is 0.350. The highest BCUT2D eigenvalue weighted by Crippen LogP contribution is 2.18. The second-order valence-electron chi connectivity index (χ2n) is 6.42. The van der Waals surface area contributed by atoms with Crippen molar-refractivity contribution in [2.24, 2.45) is 0 Å². The molecule has 0 aliphatic carbocycles. The molecule has 2 heterocycles. The third kappa shape index (κ3) is 4.51. The van der Waals surface area contributed by atoms with Crippen LogP contribution < -0.4 is 5.32 Å². The number of benzene rings is 1. The van der Waals surface area contributed by atoms with Crippen LogP contribution in [0.4, 0.5) is 5.82 Å². The quantitative estimate of drug-likeness (QED) is 0.819. The van der Waals surface area contributed by atoms with Crippen molar-refractivity contribution in [2.45, 2.75) is 39.3 Å². The van der Waals surface area contributed by atoms with Crippen molar-refractivity contribution in [1.29, 1.82) is 0 Å². The van der Waals surface area contributed by atoms with Gasteiger partial charge >= 0.3 is 0 Å². The van der Waals surface area contributed by atoms with Gasteiger partial charge in [-0.1, -0.05) is 37.6 Å². The first-order chi connectivity index (χ1) is 12.2. The largest absolute Gasteiger partial charge is 0.305 e. The van der Waals surface area contributed by atoms with Crippen molar-refractivity contribution >= 4 is 11.7 Å². The van der Waals surface area contributed by atoms with Gasteiger partial charge in [0.2, 0.25) is 0 Å². The average Bonchev–Trinajstić information content (AvgIpc) is 3.05. The first-order valence-corrected chi connectivity index (χ1v) is 8.77. The predicted molar refractivity (Wildman–Crippen MR) is 99.4 cm³/mol. The van der Waals surface area contributed by atoms with Crippen LogP contribution in [0, 0.1) is 6.92 Å². The highest BCUT2D eigenvalue weighted by molar-refractivity contribution is 6.03. The fourth-order valence-electron chi connectivity index (χ4n) is 3.02. The highest BCUT2D eigenvalue weighted by Gasteiger charge is 2.18. The first kappa shape index (κ1) is 17.3. The lowest BCUT2D eigenvalue weighted by molar-refractivity contribution is 0.102. The van der Waals surface area contributed by atoms with Crippen LogP contribution in [0.15, 0.2) is 48.6 Å². The Morgan fingerprint density at radius 3 is 2.68 bits per heavy atom. The molecule has 1 atom stereocenters. The molecule has 1 aromatic heterocycles. The number of hydrogen-bond donors (Lipinski definition) is 1. The summed E-state index contributed by atoms with van der Waals surface area (Å²) in [6.07, 6.45) is 6.92. The predicted octanol–water partition coefficient (Wildman–Crippen LogP) is 3.58. The van der Waals surface area contributed by atoms with Gasteiger partial charge in [0.1, 0.15) is 0 Å². The minimum atomic E-state index is -0.170. The maximum atomic E-state index is 12.3. The zero-order valence-corrected chi connectivity index (χ0v) is 14.8. The molecule has 1 N–H and O–H groups in total. The van der Waals surface area contributed by atoms with Gasteiger partial charge < -0.3 is 5.32 Å². The number of carbonyl (C=O) groups excluding carboxylic acids is 1. The summed E-state index contributed by atoms with van der Waals surface area (Å²) in [5, 5.41) is 10.7. The Balaban J connectivity index is 1.60. The molecule has 3 rings (SSSR count). The number of anilines is 1. The Kier molecular flexibility index (Phi) is 5.56. The second kappa shape index (κ2) is 8.03. The maximum absolute atomic E-state index is 12.3. The zero-order valence-electron chi connectivity index (χ0n) is 14.8. The molecule has 0 radical (unpaired) electrons. The van der Waals surface area contributed by atoms with E-state index < -0.39 is 0 Å². The molecule has 130 valence electrons. The van der Waals surface area contributed by atoms with Crippen LogP contribution in [0.3, 0.4) is 0 Å². The summed E-state index contributed by atoms with van der Waals surface area (Å²) in [4.78, 5) is 14.8. The summed E-state index contributed by atoms with van der Waals surface area (Å²) in [7, 11) is 0. The summed E-state index contributed by atoms with van der Waals surface area (Å²) in [5.74, 6) is 0.293. The maximum Gasteiger partial charge on any atom is 0.256 e. The van der Waals surface area contributed by atoms with E-state index in [4.69, 9.17) is 0 Å². The van der Waals surface area contributed by atoms with Crippen LogP contribution in [0.2, 0.25) is 0 Å². The minimum absolute atomic E-state index is 0.170. The number of aryl methyl sites for hydroxylation is 1. The van der Waals surface area contributed by atoms with Gasteiger partial charge in [-0.25, -0.2) is 0 Å². The van der Waals surface area contributed by atoms with E-state index in [1.807, 2.05) is 37.3 Å². The number of carbonyl (C=O) groups is 1. The van der Waals surface area contributed by atoms with Crippen LogP contribution >= 0.6 is 0 Å². The number of amides is 1. The standard InChI is InChI=1S/C20H24N4O/c1-3-5-18-6-4-13-24(18)14-16-8-10-17(11-9-16)20(25)21-19-12-7-15(2)22-23-19/h4,6-12,18H,3,5,13-14H2,1-2H3,(H,21,23,25)/t18-/m1/s1. The van der Waals surface area contributed by atoms with Crippen LogP contribution in [0.5, 0.6) is 0 Å². The molecule has 0 saturated heterocycles. The molecule has 1 aliphatic rings. The van der Waals surface area contributed by atoms with Gasteiger partial charge in [0, 0.05) is 24.7 Å². The molecule has 0 unspecified atom stereocenters. The van der Waals surface area contributed by atoms with Crippen LogP contribution in [-0.4, -0.2) is 33.6 Å². The Morgan fingerprint density at radius 1 is 1.20 bits per heavy atom. The molecule has 1 aliphatic heterocycles. The van der Waals surface area contributed by atoms with E-state index in [-0.39, 0.29) is 5.91 Å². The van der Waals surface area contributed by atoms with Gasteiger partial charge in [-0.05, 0) is 43.2 Å². The molecule has 2 aromatic rings. The van der Waals surface area contributed by atoms with E-state index >= 15 is 0 Å². The van der Waals surface area contributed by atoms with E-state index in [0.717, 1.165) is 18.8 Å². The van der Waals surface area contributed by atoms with Crippen molar-refractivity contribution < 1.29 is 4.79 Å². The minimum Gasteiger partial charge on any atom is -0.305 e. The van der Waals surface area contributed by atoms with Gasteiger partial charge in [0.05, 0.1) is 5.69 Å². The molecule has 0 saturated carbocycles. The van der Waals surface area contributed by atoms with E-state index in [1.165, 1.54) is 18.4 Å². The van der Waals surface area contributed by atoms with Crippen LogP contribution in [0.1, 0.15) is 41.4 Å². The summed E-state index contributed by atoms with van der Waals surface area (Å²) in [5.41, 5.74) is 2.66. The third-order valence-corrected chi connectivity index (χ3v) is 4.39. The lowest BCUT2D eigenvalue weighted by Crippen LogP contribution is -2.29. The number of hydrogen-bond acceptors (Lipinski definition) is 4. The highest BCUT2D eigenvalue weighted by atomic mass is 16.1. The molecule has 25 heavy (non-hydrogen) atoms. The van der Waals surface area contributed by atoms with Gasteiger partial charge in [0.25, 0.3) is 5.91 Å². The molecule has 5 heteroatoms. The number of nitrogens with one attached hydrogen (secondary N) is 1. The molecular formula is C20H24N4O. The summed E-state index contributed by atoms with van der Waals surface area (Å²) in [6.45, 7) is 5.98. The molecular weight excluding hydrogens is 312 g/mol. The van der Waals surface area contributed by atoms with E-state index in [9.17, 15) is 4.79 Å². The number of rotatable bonds is 6. The lowest BCUT2D eigenvalue weighted by Gasteiger charge is -2.24. The van der Waals surface area contributed by atoms with E-state index in [0.29, 0.717) is 17.4 Å². The monoisotopic (exact) mass is 336 g/mol. The van der Waals surface area contributed by atoms with Crippen molar-refractivity contribution in [3.05, 3.63) is 65.4 Å². The van der Waals surface area contributed by atoms with Crippen molar-refractivity contribution in [3.8, 4) is 0 Å². The third-order valence-electron chi connectivity index (χ3n) is 4.39. The molecule has 0 bridgehead atoms. The summed E-state index contributed by atoms with van der Waals surface area (Å²) >= 11 is 0. The number of nitrogens with zero attached hydrogens (tertiary/aromatic N) is 3. The SMILES string of the molecule is CCC[C@@H]1C=CCN1Cc1ccc(C(=O)Nc2ccc(C)nn2)cc1. The fourth-order valence-corrected chi connectivity index (χ4v) is 3.02. The van der Waals surface area contributed by atoms with Crippen molar-refractivity contribution in [3.63, 3.8) is 0 Å². The van der Waals surface area contributed by atoms with Crippen molar-refractivity contribution in [2.75, 3.05) is 11.9 Å². The normalized spacial score (nSPS) is 17.0. The average molecular weight is 336 g/mol. The van der Waals surface area contributed by atoms with E-state index in [2.05, 4.69) is 39.5 Å². The zero-order chi connectivity index (χ0) is 17.6. The molecule has 0 spiro atoms. The molecule has 1 aromatic carbocycles. The Hall–Kier alpha value is -2.53. The van der Waals surface area contributed by atoms with Crippen LogP contribution in [0.25, 0.3) is 0 Å². The summed E-state index contributed by atoms with van der Waals surface area (Å²) < 4.78 is 0. The molecule has 0 fully saturated rings. The van der Waals surface area contributed by atoms with Gasteiger partial charge in [0.15, 0.2) is 5.82 Å². The first-order valence-electron chi connectivity index (χ1n) is 8.77.